The van der Waals surface area contributed by atoms with Gasteiger partial charge in [0.05, 0.1) is 40.5 Å². The summed E-state index contributed by atoms with van der Waals surface area (Å²) in [6.45, 7) is 0.957. The van der Waals surface area contributed by atoms with E-state index in [4.69, 9.17) is 18.9 Å². The number of ether oxygens (including phenoxy) is 4. The molecule has 0 heterocycles. The number of amides is 2. The van der Waals surface area contributed by atoms with Gasteiger partial charge in [-0.25, -0.2) is 4.79 Å². The second-order valence-electron chi connectivity index (χ2n) is 8.42. The van der Waals surface area contributed by atoms with Gasteiger partial charge in [-0.1, -0.05) is 54.6 Å². The van der Waals surface area contributed by atoms with Crippen molar-refractivity contribution >= 4 is 17.7 Å². The van der Waals surface area contributed by atoms with E-state index in [9.17, 15) is 9.59 Å². The Morgan fingerprint density at radius 1 is 0.784 bits per heavy atom. The first kappa shape index (κ1) is 27.4. The van der Waals surface area contributed by atoms with Gasteiger partial charge in [-0.2, -0.15) is 0 Å². The summed E-state index contributed by atoms with van der Waals surface area (Å²) in [4.78, 5) is 26.7. The van der Waals surface area contributed by atoms with Crippen LogP contribution in [-0.4, -0.2) is 51.9 Å². The maximum absolute atomic E-state index is 13.4. The number of nitrogens with one attached hydrogen (secondary N) is 1. The molecule has 3 aromatic carbocycles. The van der Waals surface area contributed by atoms with E-state index < -0.39 is 0 Å². The molecule has 8 nitrogen and oxygen atoms in total. The SMILES string of the molecule is COC(=O)Cc1ccc(CN(CCCc2ccccc2)C(=O)Nc2cc(OC)c(OC)c(OC)c2)cc1. The molecule has 3 aromatic rings. The predicted molar refractivity (Wildman–Crippen MR) is 142 cm³/mol. The van der Waals surface area contributed by atoms with Crippen LogP contribution in [0.3, 0.4) is 0 Å². The number of esters is 1. The molecule has 3 rings (SSSR count). The molecule has 2 amide bonds. The second-order valence-corrected chi connectivity index (χ2v) is 8.42. The predicted octanol–water partition coefficient (Wildman–Crippen LogP) is 5.09. The zero-order valence-corrected chi connectivity index (χ0v) is 21.8. The summed E-state index contributed by atoms with van der Waals surface area (Å²) in [5, 5.41) is 2.97. The van der Waals surface area contributed by atoms with E-state index in [1.165, 1.54) is 34.0 Å². The Kier molecular flexibility index (Phi) is 10.2. The Labute approximate surface area is 218 Å². The van der Waals surface area contributed by atoms with Crippen molar-refractivity contribution in [3.63, 3.8) is 0 Å². The number of carbonyl (C=O) groups excluding carboxylic acids is 2. The Balaban J connectivity index is 1.76. The van der Waals surface area contributed by atoms with Crippen molar-refractivity contribution in [1.82, 2.24) is 4.90 Å². The van der Waals surface area contributed by atoms with Crippen molar-refractivity contribution in [3.8, 4) is 17.2 Å². The minimum atomic E-state index is -0.292. The van der Waals surface area contributed by atoms with E-state index in [2.05, 4.69) is 17.4 Å². The lowest BCUT2D eigenvalue weighted by atomic mass is 10.1. The van der Waals surface area contributed by atoms with Crippen LogP contribution in [0.5, 0.6) is 17.2 Å². The third-order valence-electron chi connectivity index (χ3n) is 5.91. The van der Waals surface area contributed by atoms with Crippen molar-refractivity contribution < 1.29 is 28.5 Å². The van der Waals surface area contributed by atoms with E-state index in [1.807, 2.05) is 42.5 Å². The maximum atomic E-state index is 13.4. The maximum Gasteiger partial charge on any atom is 0.322 e. The number of urea groups is 1. The van der Waals surface area contributed by atoms with Crippen LogP contribution in [0.4, 0.5) is 10.5 Å². The number of anilines is 1. The van der Waals surface area contributed by atoms with Crippen molar-refractivity contribution in [1.29, 1.82) is 0 Å². The summed E-state index contributed by atoms with van der Waals surface area (Å²) in [7, 11) is 5.96. The minimum absolute atomic E-state index is 0.208. The highest BCUT2D eigenvalue weighted by Crippen LogP contribution is 2.40. The molecule has 0 radical (unpaired) electrons. The van der Waals surface area contributed by atoms with Gasteiger partial charge >= 0.3 is 12.0 Å². The molecule has 0 aromatic heterocycles. The van der Waals surface area contributed by atoms with Gasteiger partial charge in [0.2, 0.25) is 5.75 Å². The van der Waals surface area contributed by atoms with Crippen molar-refractivity contribution in [2.24, 2.45) is 0 Å². The molecule has 0 fully saturated rings. The van der Waals surface area contributed by atoms with Crippen LogP contribution in [0.15, 0.2) is 66.7 Å². The molecule has 0 aliphatic carbocycles. The van der Waals surface area contributed by atoms with E-state index in [0.29, 0.717) is 36.0 Å². The van der Waals surface area contributed by atoms with Gasteiger partial charge in [0.1, 0.15) is 0 Å². The van der Waals surface area contributed by atoms with Crippen LogP contribution in [0.2, 0.25) is 0 Å². The summed E-state index contributed by atoms with van der Waals surface area (Å²) in [6, 6.07) is 20.9. The van der Waals surface area contributed by atoms with Crippen LogP contribution >= 0.6 is 0 Å². The van der Waals surface area contributed by atoms with E-state index in [0.717, 1.165) is 24.0 Å². The van der Waals surface area contributed by atoms with Crippen LogP contribution in [0.25, 0.3) is 0 Å². The van der Waals surface area contributed by atoms with Crippen LogP contribution in [0.1, 0.15) is 23.1 Å². The van der Waals surface area contributed by atoms with Gasteiger partial charge in [-0.05, 0) is 29.5 Å². The first-order chi connectivity index (χ1) is 18.0. The van der Waals surface area contributed by atoms with Gasteiger partial charge in [0.25, 0.3) is 0 Å². The lowest BCUT2D eigenvalue weighted by Crippen LogP contribution is -2.35. The van der Waals surface area contributed by atoms with Gasteiger partial charge in [-0.15, -0.1) is 0 Å². The van der Waals surface area contributed by atoms with Crippen molar-refractivity contribution in [3.05, 3.63) is 83.4 Å². The standard InChI is InChI=1S/C29H34N2O6/c1-34-25-18-24(19-26(35-2)28(25)37-4)30-29(33)31(16-8-11-21-9-6-5-7-10-21)20-23-14-12-22(13-15-23)17-27(32)36-3/h5-7,9-10,12-15,18-19H,8,11,16-17,20H2,1-4H3,(H,30,33). The molecule has 0 saturated carbocycles. The summed E-state index contributed by atoms with van der Waals surface area (Å²) in [6.07, 6.45) is 1.86. The van der Waals surface area contributed by atoms with Crippen LogP contribution in [-0.2, 0) is 28.9 Å². The molecule has 0 aliphatic heterocycles. The van der Waals surface area contributed by atoms with E-state index >= 15 is 0 Å². The molecular formula is C29H34N2O6. The third kappa shape index (κ3) is 7.90. The van der Waals surface area contributed by atoms with Crippen LogP contribution in [0, 0.1) is 0 Å². The zero-order chi connectivity index (χ0) is 26.6. The third-order valence-corrected chi connectivity index (χ3v) is 5.91. The highest BCUT2D eigenvalue weighted by atomic mass is 16.5. The Morgan fingerprint density at radius 3 is 1.97 bits per heavy atom. The molecule has 0 saturated heterocycles. The molecule has 0 unspecified atom stereocenters. The summed E-state index contributed by atoms with van der Waals surface area (Å²) in [5.41, 5.74) is 3.56. The summed E-state index contributed by atoms with van der Waals surface area (Å²) < 4.78 is 20.9. The Bertz CT molecular complexity index is 1140. The lowest BCUT2D eigenvalue weighted by Gasteiger charge is -2.24. The highest BCUT2D eigenvalue weighted by Gasteiger charge is 2.18. The lowest BCUT2D eigenvalue weighted by molar-refractivity contribution is -0.139. The van der Waals surface area contributed by atoms with E-state index in [1.54, 1.807) is 17.0 Å². The number of rotatable bonds is 12. The van der Waals surface area contributed by atoms with Crippen molar-refractivity contribution in [2.45, 2.75) is 25.8 Å². The number of nitrogens with zero attached hydrogens (tertiary/aromatic N) is 1. The molecule has 1 N–H and O–H groups in total. The normalized spacial score (nSPS) is 10.4. The number of methoxy groups -OCH3 is 4. The Morgan fingerprint density at radius 2 is 1.41 bits per heavy atom. The molecule has 37 heavy (non-hydrogen) atoms. The average molecular weight is 507 g/mol. The Hall–Kier alpha value is -4.20. The number of aryl methyl sites for hydroxylation is 1. The number of hydrogen-bond donors (Lipinski definition) is 1. The van der Waals surface area contributed by atoms with Gasteiger partial charge in [0, 0.05) is 25.2 Å². The monoisotopic (exact) mass is 506 g/mol. The van der Waals surface area contributed by atoms with Gasteiger partial charge < -0.3 is 29.2 Å². The molecule has 196 valence electrons. The van der Waals surface area contributed by atoms with Crippen molar-refractivity contribution in [2.75, 3.05) is 40.3 Å². The quantitative estimate of drug-likeness (QED) is 0.344. The van der Waals surface area contributed by atoms with E-state index in [-0.39, 0.29) is 18.4 Å². The highest BCUT2D eigenvalue weighted by molar-refractivity contribution is 5.90. The molecule has 8 heteroatoms. The molecular weight excluding hydrogens is 472 g/mol. The molecule has 0 atom stereocenters. The van der Waals surface area contributed by atoms with Crippen LogP contribution < -0.4 is 19.5 Å². The largest absolute Gasteiger partial charge is 0.493 e. The fourth-order valence-corrected chi connectivity index (χ4v) is 3.95. The smallest absolute Gasteiger partial charge is 0.322 e. The zero-order valence-electron chi connectivity index (χ0n) is 21.8. The number of carbonyl (C=O) groups is 2. The molecule has 0 spiro atoms. The fourth-order valence-electron chi connectivity index (χ4n) is 3.95. The first-order valence-electron chi connectivity index (χ1n) is 12.0. The number of hydrogen-bond acceptors (Lipinski definition) is 6. The average Bonchev–Trinajstić information content (AvgIpc) is 2.93. The second kappa shape index (κ2) is 13.8. The topological polar surface area (TPSA) is 86.3 Å². The van der Waals surface area contributed by atoms with Gasteiger partial charge in [-0.3, -0.25) is 4.79 Å². The molecule has 0 aliphatic rings. The number of benzene rings is 3. The first-order valence-corrected chi connectivity index (χ1v) is 12.0. The minimum Gasteiger partial charge on any atom is -0.493 e. The summed E-state index contributed by atoms with van der Waals surface area (Å²) in [5.74, 6) is 1.07. The molecule has 0 bridgehead atoms. The summed E-state index contributed by atoms with van der Waals surface area (Å²) >= 11 is 0. The fraction of sp³-hybridized carbons (Fsp3) is 0.310. The van der Waals surface area contributed by atoms with Gasteiger partial charge in [0.15, 0.2) is 11.5 Å².